The van der Waals surface area contributed by atoms with Gasteiger partial charge in [0.2, 0.25) is 0 Å². The molecule has 1 unspecified atom stereocenters. The van der Waals surface area contributed by atoms with Crippen molar-refractivity contribution >= 4 is 22.9 Å². The van der Waals surface area contributed by atoms with E-state index >= 15 is 0 Å². The van der Waals surface area contributed by atoms with E-state index < -0.39 is 6.10 Å². The van der Waals surface area contributed by atoms with Gasteiger partial charge in [0.1, 0.15) is 0 Å². The molecule has 0 saturated heterocycles. The Hall–Kier alpha value is -0.830. The van der Waals surface area contributed by atoms with Crippen LogP contribution in [0.1, 0.15) is 22.8 Å². The molecule has 2 rings (SSSR count). The summed E-state index contributed by atoms with van der Waals surface area (Å²) < 4.78 is 0. The van der Waals surface area contributed by atoms with Crippen molar-refractivity contribution < 1.29 is 5.11 Å². The fourth-order valence-corrected chi connectivity index (χ4v) is 2.69. The van der Waals surface area contributed by atoms with Gasteiger partial charge >= 0.3 is 0 Å². The average Bonchev–Trinajstić information content (AvgIpc) is 2.70. The summed E-state index contributed by atoms with van der Waals surface area (Å²) in [4.78, 5) is 0. The predicted octanol–water partition coefficient (Wildman–Crippen LogP) is 3.99. The van der Waals surface area contributed by atoms with Gasteiger partial charge in [-0.3, -0.25) is 0 Å². The second-order valence-corrected chi connectivity index (χ2v) is 5.06. The van der Waals surface area contributed by atoms with Crippen LogP contribution in [-0.2, 0) is 6.42 Å². The Balaban J connectivity index is 2.17. The quantitative estimate of drug-likeness (QED) is 0.876. The standard InChI is InChI=1S/C13H13ClOS/c1-9-2-3-11(12(14)6-9)13(15)7-10-4-5-16-8-10/h2-6,8,13,15H,7H2,1H3. The lowest BCUT2D eigenvalue weighted by molar-refractivity contribution is 0.178. The second-order valence-electron chi connectivity index (χ2n) is 3.88. The Morgan fingerprint density at radius 2 is 2.19 bits per heavy atom. The van der Waals surface area contributed by atoms with E-state index in [1.807, 2.05) is 41.9 Å². The maximum absolute atomic E-state index is 10.1. The van der Waals surface area contributed by atoms with E-state index in [1.54, 1.807) is 11.3 Å². The molecule has 0 aliphatic carbocycles. The molecule has 0 fully saturated rings. The minimum Gasteiger partial charge on any atom is -0.388 e. The average molecular weight is 253 g/mol. The van der Waals surface area contributed by atoms with Gasteiger partial charge in [0.15, 0.2) is 0 Å². The molecule has 0 spiro atoms. The molecule has 1 N–H and O–H groups in total. The molecule has 2 aromatic rings. The second kappa shape index (κ2) is 5.00. The largest absolute Gasteiger partial charge is 0.388 e. The van der Waals surface area contributed by atoms with E-state index in [9.17, 15) is 5.11 Å². The molecule has 0 saturated carbocycles. The molecule has 16 heavy (non-hydrogen) atoms. The first-order valence-corrected chi connectivity index (χ1v) is 6.44. The topological polar surface area (TPSA) is 20.2 Å². The Kier molecular flexibility index (Phi) is 3.64. The molecular weight excluding hydrogens is 240 g/mol. The number of benzene rings is 1. The van der Waals surface area contributed by atoms with E-state index in [2.05, 4.69) is 0 Å². The normalized spacial score (nSPS) is 12.7. The van der Waals surface area contributed by atoms with Crippen LogP contribution in [0.25, 0.3) is 0 Å². The van der Waals surface area contributed by atoms with Gasteiger partial charge in [-0.1, -0.05) is 23.7 Å². The lowest BCUT2D eigenvalue weighted by Gasteiger charge is -2.12. The van der Waals surface area contributed by atoms with Gasteiger partial charge in [-0.2, -0.15) is 11.3 Å². The van der Waals surface area contributed by atoms with Crippen molar-refractivity contribution in [3.63, 3.8) is 0 Å². The molecule has 0 amide bonds. The van der Waals surface area contributed by atoms with Gasteiger partial charge < -0.3 is 5.11 Å². The highest BCUT2D eigenvalue weighted by Gasteiger charge is 2.12. The number of halogens is 1. The van der Waals surface area contributed by atoms with Crippen molar-refractivity contribution in [2.75, 3.05) is 0 Å². The summed E-state index contributed by atoms with van der Waals surface area (Å²) in [5.41, 5.74) is 3.06. The van der Waals surface area contributed by atoms with Crippen LogP contribution in [0, 0.1) is 6.92 Å². The number of aliphatic hydroxyl groups excluding tert-OH is 1. The Labute approximate surface area is 104 Å². The molecule has 1 aromatic carbocycles. The lowest BCUT2D eigenvalue weighted by Crippen LogP contribution is -2.01. The molecular formula is C13H13ClOS. The molecule has 3 heteroatoms. The SMILES string of the molecule is Cc1ccc(C(O)Cc2ccsc2)c(Cl)c1. The Bertz CT molecular complexity index is 465. The van der Waals surface area contributed by atoms with Gasteiger partial charge in [0.25, 0.3) is 0 Å². The molecule has 0 radical (unpaired) electrons. The minimum atomic E-state index is -0.525. The van der Waals surface area contributed by atoms with E-state index in [0.717, 1.165) is 16.7 Å². The highest BCUT2D eigenvalue weighted by atomic mass is 35.5. The van der Waals surface area contributed by atoms with Crippen molar-refractivity contribution in [1.82, 2.24) is 0 Å². The summed E-state index contributed by atoms with van der Waals surface area (Å²) in [6.07, 6.45) is 0.0921. The van der Waals surface area contributed by atoms with Crippen molar-refractivity contribution in [3.8, 4) is 0 Å². The van der Waals surface area contributed by atoms with Gasteiger partial charge in [0, 0.05) is 11.4 Å². The lowest BCUT2D eigenvalue weighted by atomic mass is 10.0. The molecule has 0 aliphatic rings. The van der Waals surface area contributed by atoms with E-state index in [0.29, 0.717) is 11.4 Å². The van der Waals surface area contributed by atoms with Crippen LogP contribution in [-0.4, -0.2) is 5.11 Å². The summed E-state index contributed by atoms with van der Waals surface area (Å²) in [6.45, 7) is 1.99. The smallest absolute Gasteiger partial charge is 0.0845 e. The van der Waals surface area contributed by atoms with Crippen LogP contribution >= 0.6 is 22.9 Å². The zero-order valence-corrected chi connectivity index (χ0v) is 10.6. The van der Waals surface area contributed by atoms with Crippen LogP contribution in [0.15, 0.2) is 35.0 Å². The number of aryl methyl sites for hydroxylation is 1. The fourth-order valence-electron chi connectivity index (χ4n) is 1.64. The third kappa shape index (κ3) is 2.64. The number of thiophene rings is 1. The summed E-state index contributed by atoms with van der Waals surface area (Å²) in [5, 5.41) is 14.8. The zero-order valence-electron chi connectivity index (χ0n) is 8.98. The van der Waals surface area contributed by atoms with Crippen LogP contribution < -0.4 is 0 Å². The maximum atomic E-state index is 10.1. The van der Waals surface area contributed by atoms with Gasteiger partial charge in [0.05, 0.1) is 6.10 Å². The predicted molar refractivity (Wildman–Crippen MR) is 69.2 cm³/mol. The van der Waals surface area contributed by atoms with E-state index in [-0.39, 0.29) is 0 Å². The highest BCUT2D eigenvalue weighted by molar-refractivity contribution is 7.07. The summed E-state index contributed by atoms with van der Waals surface area (Å²) in [7, 11) is 0. The van der Waals surface area contributed by atoms with Gasteiger partial charge in [-0.25, -0.2) is 0 Å². The summed E-state index contributed by atoms with van der Waals surface area (Å²) >= 11 is 7.75. The Morgan fingerprint density at radius 3 is 2.81 bits per heavy atom. The molecule has 0 aliphatic heterocycles. The Morgan fingerprint density at radius 1 is 1.38 bits per heavy atom. The third-order valence-electron chi connectivity index (χ3n) is 2.52. The molecule has 0 bridgehead atoms. The molecule has 1 heterocycles. The number of aliphatic hydroxyl groups is 1. The van der Waals surface area contributed by atoms with Crippen LogP contribution in [0.4, 0.5) is 0 Å². The first-order chi connectivity index (χ1) is 7.66. The molecule has 84 valence electrons. The molecule has 1 atom stereocenters. The first-order valence-electron chi connectivity index (χ1n) is 5.12. The highest BCUT2D eigenvalue weighted by Crippen LogP contribution is 2.27. The third-order valence-corrected chi connectivity index (χ3v) is 3.58. The van der Waals surface area contributed by atoms with Crippen LogP contribution in [0.2, 0.25) is 5.02 Å². The van der Waals surface area contributed by atoms with E-state index in [1.165, 1.54) is 0 Å². The van der Waals surface area contributed by atoms with Crippen molar-refractivity contribution in [2.45, 2.75) is 19.4 Å². The number of hydrogen-bond acceptors (Lipinski definition) is 2. The van der Waals surface area contributed by atoms with Crippen molar-refractivity contribution in [3.05, 3.63) is 56.7 Å². The zero-order chi connectivity index (χ0) is 11.5. The van der Waals surface area contributed by atoms with Gasteiger partial charge in [-0.05, 0) is 46.5 Å². The summed E-state index contributed by atoms with van der Waals surface area (Å²) in [6, 6.07) is 7.77. The molecule has 1 aromatic heterocycles. The number of hydrogen-bond donors (Lipinski definition) is 1. The van der Waals surface area contributed by atoms with Crippen LogP contribution in [0.5, 0.6) is 0 Å². The van der Waals surface area contributed by atoms with Crippen LogP contribution in [0.3, 0.4) is 0 Å². The maximum Gasteiger partial charge on any atom is 0.0845 e. The van der Waals surface area contributed by atoms with Crippen molar-refractivity contribution in [2.24, 2.45) is 0 Å². The first kappa shape index (κ1) is 11.6. The minimum absolute atomic E-state index is 0.525. The number of rotatable bonds is 3. The monoisotopic (exact) mass is 252 g/mol. The van der Waals surface area contributed by atoms with Gasteiger partial charge in [-0.15, -0.1) is 0 Å². The van der Waals surface area contributed by atoms with Crippen molar-refractivity contribution in [1.29, 1.82) is 0 Å². The fraction of sp³-hybridized carbons (Fsp3) is 0.231. The summed E-state index contributed by atoms with van der Waals surface area (Å²) in [5.74, 6) is 0. The van der Waals surface area contributed by atoms with E-state index in [4.69, 9.17) is 11.6 Å². The molecule has 1 nitrogen and oxygen atoms in total.